The molecule has 0 amide bonds. The van der Waals surface area contributed by atoms with E-state index < -0.39 is 5.82 Å². The molecule has 30 heavy (non-hydrogen) atoms. The number of rotatable bonds is 8. The lowest BCUT2D eigenvalue weighted by Gasteiger charge is -2.22. The molecule has 0 aromatic heterocycles. The number of ether oxygens (including phenoxy) is 3. The summed E-state index contributed by atoms with van der Waals surface area (Å²) in [4.78, 5) is 15.5. The van der Waals surface area contributed by atoms with Crippen LogP contribution in [0.3, 0.4) is 0 Å². The molecule has 0 bridgehead atoms. The van der Waals surface area contributed by atoms with Crippen molar-refractivity contribution in [3.8, 4) is 17.2 Å². The topological polar surface area (TPSA) is 51.2 Å². The Bertz CT molecular complexity index is 888. The van der Waals surface area contributed by atoms with Gasteiger partial charge in [0.25, 0.3) is 0 Å². The maximum atomic E-state index is 14.4. The molecule has 2 aromatic carbocycles. The Labute approximate surface area is 176 Å². The molecule has 1 fully saturated rings. The molecule has 2 aromatic rings. The number of carbonyl (C=O) groups is 1. The normalized spacial score (nSPS) is 20.7. The van der Waals surface area contributed by atoms with E-state index in [1.165, 1.54) is 6.07 Å². The molecule has 0 radical (unpaired) electrons. The highest BCUT2D eigenvalue weighted by Crippen LogP contribution is 2.44. The minimum absolute atomic E-state index is 0.0449. The predicted molar refractivity (Wildman–Crippen MR) is 111 cm³/mol. The standard InChI is InChI=1S/C23H27FN2O4/c1-25(2)8-10-28-19-5-3-16(4-6-19)21-12-18(14-26(21)7-9-27)17-11-20(24)23-22(13-17)29-15-30-23/h3-6,9,11,13,18,21H,7-8,10,12,14-15H2,1-2H3/t18-,21-/m1/s1. The molecular formula is C23H27FN2O4. The number of benzene rings is 2. The Balaban J connectivity index is 1.49. The van der Waals surface area contributed by atoms with Crippen LogP contribution in [0.15, 0.2) is 36.4 Å². The summed E-state index contributed by atoms with van der Waals surface area (Å²) in [5.41, 5.74) is 2.00. The summed E-state index contributed by atoms with van der Waals surface area (Å²) in [6.45, 7) is 2.55. The number of carbonyl (C=O) groups excluding carboxylic acids is 1. The van der Waals surface area contributed by atoms with E-state index >= 15 is 0 Å². The summed E-state index contributed by atoms with van der Waals surface area (Å²) in [5, 5.41) is 0. The number of hydrogen-bond acceptors (Lipinski definition) is 6. The fourth-order valence-electron chi connectivity index (χ4n) is 4.14. The molecule has 2 aliphatic rings. The molecule has 2 atom stereocenters. The van der Waals surface area contributed by atoms with Gasteiger partial charge in [-0.05, 0) is 61.8 Å². The first kappa shape index (κ1) is 20.6. The SMILES string of the molecule is CN(C)CCOc1ccc([C@H]2C[C@@H](c3cc(F)c4c(c3)OCO4)CN2CC=O)cc1. The molecular weight excluding hydrogens is 387 g/mol. The molecule has 0 aliphatic carbocycles. The number of halogens is 1. The molecule has 0 unspecified atom stereocenters. The number of likely N-dealkylation sites (tertiary alicyclic amines) is 1. The van der Waals surface area contributed by atoms with Crippen molar-refractivity contribution < 1.29 is 23.4 Å². The number of hydrogen-bond donors (Lipinski definition) is 0. The molecule has 7 heteroatoms. The van der Waals surface area contributed by atoms with Crippen LogP contribution in [-0.4, -0.2) is 63.2 Å². The lowest BCUT2D eigenvalue weighted by atomic mass is 9.93. The van der Waals surface area contributed by atoms with Crippen LogP contribution in [0.4, 0.5) is 4.39 Å². The van der Waals surface area contributed by atoms with Crippen molar-refractivity contribution in [2.45, 2.75) is 18.4 Å². The summed E-state index contributed by atoms with van der Waals surface area (Å²) in [6.07, 6.45) is 1.72. The van der Waals surface area contributed by atoms with E-state index in [4.69, 9.17) is 14.2 Å². The van der Waals surface area contributed by atoms with Crippen LogP contribution >= 0.6 is 0 Å². The monoisotopic (exact) mass is 414 g/mol. The first-order valence-electron chi connectivity index (χ1n) is 10.2. The van der Waals surface area contributed by atoms with Crippen LogP contribution in [0.25, 0.3) is 0 Å². The Hall–Kier alpha value is -2.64. The van der Waals surface area contributed by atoms with Crippen molar-refractivity contribution in [1.82, 2.24) is 9.80 Å². The van der Waals surface area contributed by atoms with Gasteiger partial charge < -0.3 is 23.9 Å². The largest absolute Gasteiger partial charge is 0.492 e. The molecule has 0 saturated carbocycles. The predicted octanol–water partition coefficient (Wildman–Crippen LogP) is 3.22. The Kier molecular flexibility index (Phi) is 6.20. The highest BCUT2D eigenvalue weighted by molar-refractivity contribution is 5.53. The number of aldehydes is 1. The summed E-state index contributed by atoms with van der Waals surface area (Å²) in [6, 6.07) is 11.5. The smallest absolute Gasteiger partial charge is 0.231 e. The van der Waals surface area contributed by atoms with Gasteiger partial charge in [-0.15, -0.1) is 0 Å². The van der Waals surface area contributed by atoms with Gasteiger partial charge in [0.15, 0.2) is 11.6 Å². The van der Waals surface area contributed by atoms with Crippen LogP contribution < -0.4 is 14.2 Å². The third-order valence-corrected chi connectivity index (χ3v) is 5.71. The van der Waals surface area contributed by atoms with E-state index in [0.29, 0.717) is 25.4 Å². The van der Waals surface area contributed by atoms with Crippen LogP contribution in [0.1, 0.15) is 29.5 Å². The zero-order valence-electron chi connectivity index (χ0n) is 17.3. The Morgan fingerprint density at radius 3 is 2.73 bits per heavy atom. The summed E-state index contributed by atoms with van der Waals surface area (Å²) < 4.78 is 30.7. The highest BCUT2D eigenvalue weighted by Gasteiger charge is 2.35. The molecule has 6 nitrogen and oxygen atoms in total. The van der Waals surface area contributed by atoms with E-state index in [9.17, 15) is 9.18 Å². The van der Waals surface area contributed by atoms with Crippen molar-refractivity contribution in [2.75, 3.05) is 47.1 Å². The Morgan fingerprint density at radius 1 is 1.20 bits per heavy atom. The minimum atomic E-state index is -0.399. The average Bonchev–Trinajstić information content (AvgIpc) is 3.36. The lowest BCUT2D eigenvalue weighted by molar-refractivity contribution is -0.109. The highest BCUT2D eigenvalue weighted by atomic mass is 19.1. The first-order valence-corrected chi connectivity index (χ1v) is 10.2. The van der Waals surface area contributed by atoms with Crippen molar-refractivity contribution in [2.24, 2.45) is 0 Å². The molecule has 0 N–H and O–H groups in total. The number of nitrogens with zero attached hydrogens (tertiary/aromatic N) is 2. The average molecular weight is 414 g/mol. The van der Waals surface area contributed by atoms with Crippen LogP contribution in [0.2, 0.25) is 0 Å². The van der Waals surface area contributed by atoms with Gasteiger partial charge in [-0.3, -0.25) is 4.90 Å². The van der Waals surface area contributed by atoms with Crippen LogP contribution in [0.5, 0.6) is 17.2 Å². The number of fused-ring (bicyclic) bond motifs is 1. The van der Waals surface area contributed by atoms with Gasteiger partial charge in [-0.25, -0.2) is 4.39 Å². The quantitative estimate of drug-likeness (QED) is 0.619. The minimum Gasteiger partial charge on any atom is -0.492 e. The third kappa shape index (κ3) is 4.42. The number of likely N-dealkylation sites (N-methyl/N-ethyl adjacent to an activating group) is 1. The van der Waals surface area contributed by atoms with Gasteiger partial charge in [0.05, 0.1) is 6.54 Å². The second-order valence-corrected chi connectivity index (χ2v) is 8.03. The second-order valence-electron chi connectivity index (χ2n) is 8.03. The van der Waals surface area contributed by atoms with Crippen molar-refractivity contribution in [3.63, 3.8) is 0 Å². The summed E-state index contributed by atoms with van der Waals surface area (Å²) >= 11 is 0. The van der Waals surface area contributed by atoms with Gasteiger partial charge in [-0.1, -0.05) is 12.1 Å². The van der Waals surface area contributed by atoms with Gasteiger partial charge in [0.2, 0.25) is 12.5 Å². The van der Waals surface area contributed by atoms with Crippen molar-refractivity contribution >= 4 is 6.29 Å². The lowest BCUT2D eigenvalue weighted by Crippen LogP contribution is -2.25. The molecule has 2 heterocycles. The third-order valence-electron chi connectivity index (χ3n) is 5.71. The maximum absolute atomic E-state index is 14.4. The van der Waals surface area contributed by atoms with Gasteiger partial charge in [-0.2, -0.15) is 0 Å². The van der Waals surface area contributed by atoms with Crippen LogP contribution in [-0.2, 0) is 4.79 Å². The molecule has 4 rings (SSSR count). The van der Waals surface area contributed by atoms with E-state index in [2.05, 4.69) is 21.9 Å². The Morgan fingerprint density at radius 2 is 2.00 bits per heavy atom. The maximum Gasteiger partial charge on any atom is 0.231 e. The molecule has 1 saturated heterocycles. The van der Waals surface area contributed by atoms with E-state index in [1.54, 1.807) is 0 Å². The second kappa shape index (κ2) is 9.02. The zero-order valence-corrected chi connectivity index (χ0v) is 17.3. The van der Waals surface area contributed by atoms with Crippen molar-refractivity contribution in [1.29, 1.82) is 0 Å². The molecule has 160 valence electrons. The van der Waals surface area contributed by atoms with E-state index in [-0.39, 0.29) is 24.5 Å². The van der Waals surface area contributed by atoms with Gasteiger partial charge >= 0.3 is 0 Å². The van der Waals surface area contributed by atoms with Crippen LogP contribution in [0, 0.1) is 5.82 Å². The fraction of sp³-hybridized carbons (Fsp3) is 0.435. The van der Waals surface area contributed by atoms with Crippen molar-refractivity contribution in [3.05, 3.63) is 53.3 Å². The fourth-order valence-corrected chi connectivity index (χ4v) is 4.14. The molecule has 0 spiro atoms. The first-order chi connectivity index (χ1) is 14.5. The zero-order chi connectivity index (χ0) is 21.1. The van der Waals surface area contributed by atoms with Gasteiger partial charge in [0.1, 0.15) is 18.6 Å². The summed E-state index contributed by atoms with van der Waals surface area (Å²) in [5.74, 6) is 1.17. The van der Waals surface area contributed by atoms with Gasteiger partial charge in [0, 0.05) is 19.1 Å². The van der Waals surface area contributed by atoms with E-state index in [0.717, 1.165) is 36.1 Å². The van der Waals surface area contributed by atoms with E-state index in [1.807, 2.05) is 32.3 Å². The summed E-state index contributed by atoms with van der Waals surface area (Å²) in [7, 11) is 4.02. The molecule has 2 aliphatic heterocycles.